The lowest BCUT2D eigenvalue weighted by atomic mass is 9.79. The Morgan fingerprint density at radius 1 is 1.14 bits per heavy atom. The molecular weight excluding hydrogens is 295 g/mol. The number of rotatable bonds is 7. The molecule has 0 saturated carbocycles. The van der Waals surface area contributed by atoms with Crippen LogP contribution < -0.4 is 5.46 Å². The second kappa shape index (κ2) is 7.83. The fourth-order valence-corrected chi connectivity index (χ4v) is 3.53. The molecular formula is C17H19BO3S. The minimum atomic E-state index is -0.770. The number of hydrogen-bond donors (Lipinski definition) is 1. The monoisotopic (exact) mass is 314 g/mol. The van der Waals surface area contributed by atoms with Gasteiger partial charge in [0, 0.05) is 22.7 Å². The number of fused-ring (bicyclic) bond motifs is 1. The Kier molecular flexibility index (Phi) is 5.56. The van der Waals surface area contributed by atoms with Gasteiger partial charge in [-0.2, -0.15) is 0 Å². The largest absolute Gasteiger partial charge is 0.492 e. The first-order chi connectivity index (χ1) is 10.8. The van der Waals surface area contributed by atoms with E-state index in [9.17, 15) is 5.02 Å². The number of thioether (sulfide) groups is 1. The topological polar surface area (TPSA) is 38.7 Å². The van der Waals surface area contributed by atoms with Gasteiger partial charge in [0.1, 0.15) is 0 Å². The van der Waals surface area contributed by atoms with Crippen molar-refractivity contribution in [2.24, 2.45) is 0 Å². The lowest BCUT2D eigenvalue weighted by Gasteiger charge is -2.08. The van der Waals surface area contributed by atoms with Crippen molar-refractivity contribution in [2.75, 3.05) is 12.4 Å². The molecule has 0 spiro atoms. The third-order valence-electron chi connectivity index (χ3n) is 3.60. The molecule has 0 saturated heterocycles. The molecule has 0 radical (unpaired) electrons. The average molecular weight is 314 g/mol. The van der Waals surface area contributed by atoms with Crippen LogP contribution in [0.2, 0.25) is 0 Å². The zero-order valence-corrected chi connectivity index (χ0v) is 13.2. The SMILES string of the molecule is OB1OCc2cccc(SCCCOCc3ccccc3)c21. The van der Waals surface area contributed by atoms with E-state index in [2.05, 4.69) is 12.1 Å². The standard InChI is InChI=1S/C17H19BO3S/c19-18-17-15(13-21-18)8-4-9-16(17)22-11-5-10-20-12-14-6-2-1-3-7-14/h1-4,6-9,19H,5,10-13H2. The molecule has 0 amide bonds. The lowest BCUT2D eigenvalue weighted by Crippen LogP contribution is -2.29. The highest BCUT2D eigenvalue weighted by molar-refractivity contribution is 7.99. The first-order valence-corrected chi connectivity index (χ1v) is 8.49. The number of benzene rings is 2. The molecule has 0 unspecified atom stereocenters. The summed E-state index contributed by atoms with van der Waals surface area (Å²) in [4.78, 5) is 1.12. The van der Waals surface area contributed by atoms with E-state index in [1.54, 1.807) is 11.8 Å². The van der Waals surface area contributed by atoms with Crippen molar-refractivity contribution in [1.82, 2.24) is 0 Å². The molecule has 0 atom stereocenters. The van der Waals surface area contributed by atoms with E-state index >= 15 is 0 Å². The molecule has 0 bridgehead atoms. The number of ether oxygens (including phenoxy) is 1. The van der Waals surface area contributed by atoms with Gasteiger partial charge < -0.3 is 14.4 Å². The van der Waals surface area contributed by atoms with Gasteiger partial charge >= 0.3 is 7.12 Å². The molecule has 0 fully saturated rings. The summed E-state index contributed by atoms with van der Waals surface area (Å²) in [5, 5.41) is 9.87. The van der Waals surface area contributed by atoms with E-state index < -0.39 is 7.12 Å². The number of hydrogen-bond acceptors (Lipinski definition) is 4. The zero-order chi connectivity index (χ0) is 15.2. The van der Waals surface area contributed by atoms with Crippen LogP contribution in [0.15, 0.2) is 53.4 Å². The van der Waals surface area contributed by atoms with Crippen LogP contribution in [0.5, 0.6) is 0 Å². The summed E-state index contributed by atoms with van der Waals surface area (Å²) in [6.07, 6.45) is 0.984. The maximum atomic E-state index is 9.87. The van der Waals surface area contributed by atoms with Gasteiger partial charge in [-0.05, 0) is 23.6 Å². The van der Waals surface area contributed by atoms with Gasteiger partial charge in [-0.3, -0.25) is 0 Å². The predicted molar refractivity (Wildman–Crippen MR) is 90.3 cm³/mol. The van der Waals surface area contributed by atoms with Crippen LogP contribution in [0.25, 0.3) is 0 Å². The molecule has 3 nitrogen and oxygen atoms in total. The molecule has 1 heterocycles. The maximum Gasteiger partial charge on any atom is 0.492 e. The van der Waals surface area contributed by atoms with Crippen LogP contribution >= 0.6 is 11.8 Å². The summed E-state index contributed by atoms with van der Waals surface area (Å²) in [6, 6.07) is 16.3. The van der Waals surface area contributed by atoms with Gasteiger partial charge in [0.05, 0.1) is 13.2 Å². The van der Waals surface area contributed by atoms with Gasteiger partial charge in [0.25, 0.3) is 0 Å². The van der Waals surface area contributed by atoms with Gasteiger partial charge in [0.15, 0.2) is 0 Å². The normalized spacial score (nSPS) is 13.4. The van der Waals surface area contributed by atoms with E-state index in [0.717, 1.165) is 34.7 Å². The Bertz CT molecular complexity index is 606. The average Bonchev–Trinajstić information content (AvgIpc) is 2.94. The minimum Gasteiger partial charge on any atom is -0.423 e. The van der Waals surface area contributed by atoms with Crippen molar-refractivity contribution in [1.29, 1.82) is 0 Å². The predicted octanol–water partition coefficient (Wildman–Crippen LogP) is 2.60. The van der Waals surface area contributed by atoms with Gasteiger partial charge in [-0.15, -0.1) is 11.8 Å². The second-order valence-corrected chi connectivity index (χ2v) is 6.37. The molecule has 1 aliphatic heterocycles. The van der Waals surface area contributed by atoms with Crippen LogP contribution in [0.4, 0.5) is 0 Å². The van der Waals surface area contributed by atoms with Crippen LogP contribution in [0, 0.1) is 0 Å². The Labute approximate surface area is 135 Å². The first-order valence-electron chi connectivity index (χ1n) is 7.50. The second-order valence-electron chi connectivity index (χ2n) is 5.23. The third kappa shape index (κ3) is 3.93. The molecule has 114 valence electrons. The van der Waals surface area contributed by atoms with Crippen molar-refractivity contribution < 1.29 is 14.4 Å². The molecule has 5 heteroatoms. The minimum absolute atomic E-state index is 0.505. The Balaban J connectivity index is 1.40. The molecule has 0 aromatic heterocycles. The van der Waals surface area contributed by atoms with Crippen molar-refractivity contribution in [3.63, 3.8) is 0 Å². The molecule has 22 heavy (non-hydrogen) atoms. The molecule has 2 aromatic carbocycles. The molecule has 1 N–H and O–H groups in total. The van der Waals surface area contributed by atoms with Crippen molar-refractivity contribution >= 4 is 24.3 Å². The van der Waals surface area contributed by atoms with Crippen LogP contribution in [-0.2, 0) is 22.6 Å². The van der Waals surface area contributed by atoms with Gasteiger partial charge in [-0.1, -0.05) is 42.5 Å². The lowest BCUT2D eigenvalue weighted by molar-refractivity contribution is 0.122. The van der Waals surface area contributed by atoms with E-state index in [1.807, 2.05) is 36.4 Å². The third-order valence-corrected chi connectivity index (χ3v) is 4.76. The smallest absolute Gasteiger partial charge is 0.423 e. The Morgan fingerprint density at radius 3 is 2.86 bits per heavy atom. The van der Waals surface area contributed by atoms with E-state index in [-0.39, 0.29) is 0 Å². The first kappa shape index (κ1) is 15.6. The zero-order valence-electron chi connectivity index (χ0n) is 12.4. The van der Waals surface area contributed by atoms with Gasteiger partial charge in [0.2, 0.25) is 0 Å². The van der Waals surface area contributed by atoms with E-state index in [1.165, 1.54) is 5.56 Å². The highest BCUT2D eigenvalue weighted by Gasteiger charge is 2.29. The molecule has 2 aromatic rings. The van der Waals surface area contributed by atoms with Gasteiger partial charge in [-0.25, -0.2) is 0 Å². The van der Waals surface area contributed by atoms with Crippen LogP contribution in [0.3, 0.4) is 0 Å². The van der Waals surface area contributed by atoms with E-state index in [0.29, 0.717) is 13.2 Å². The highest BCUT2D eigenvalue weighted by Crippen LogP contribution is 2.22. The summed E-state index contributed by atoms with van der Waals surface area (Å²) in [5.41, 5.74) is 3.24. The van der Waals surface area contributed by atoms with Crippen molar-refractivity contribution in [3.05, 3.63) is 59.7 Å². The summed E-state index contributed by atoms with van der Waals surface area (Å²) >= 11 is 1.76. The quantitative estimate of drug-likeness (QED) is 0.484. The fourth-order valence-electron chi connectivity index (χ4n) is 2.48. The van der Waals surface area contributed by atoms with Crippen molar-refractivity contribution in [2.45, 2.75) is 24.5 Å². The Morgan fingerprint density at radius 2 is 2.00 bits per heavy atom. The molecule has 3 rings (SSSR count). The molecule has 1 aliphatic rings. The maximum absolute atomic E-state index is 9.87. The van der Waals surface area contributed by atoms with Crippen molar-refractivity contribution in [3.8, 4) is 0 Å². The van der Waals surface area contributed by atoms with Crippen LogP contribution in [-0.4, -0.2) is 24.5 Å². The molecule has 0 aliphatic carbocycles. The van der Waals surface area contributed by atoms with Crippen LogP contribution in [0.1, 0.15) is 17.5 Å². The summed E-state index contributed by atoms with van der Waals surface area (Å²) < 4.78 is 11.0. The summed E-state index contributed by atoms with van der Waals surface area (Å²) in [5.74, 6) is 0.970. The Hall–Kier alpha value is -1.27. The highest BCUT2D eigenvalue weighted by atomic mass is 32.2. The summed E-state index contributed by atoms with van der Waals surface area (Å²) in [6.45, 7) is 1.92. The fraction of sp³-hybridized carbons (Fsp3) is 0.294. The van der Waals surface area contributed by atoms with E-state index in [4.69, 9.17) is 9.39 Å². The summed E-state index contributed by atoms with van der Waals surface area (Å²) in [7, 11) is -0.770.